The zero-order chi connectivity index (χ0) is 32.8. The van der Waals surface area contributed by atoms with E-state index in [0.717, 1.165) is 82.9 Å². The van der Waals surface area contributed by atoms with Gasteiger partial charge in [-0.1, -0.05) is 97.1 Å². The number of nitrogens with zero attached hydrogens (tertiary/aromatic N) is 2. The van der Waals surface area contributed by atoms with Crippen molar-refractivity contribution >= 4 is 93.5 Å². The molecule has 8 aromatic carbocycles. The minimum atomic E-state index is 0.869. The number of aromatic nitrogens is 1. The van der Waals surface area contributed by atoms with Gasteiger partial charge in [-0.2, -0.15) is 0 Å². The highest BCUT2D eigenvalue weighted by molar-refractivity contribution is 6.17. The molecule has 3 heterocycles. The highest BCUT2D eigenvalue weighted by Crippen LogP contribution is 2.47. The smallest absolute Gasteiger partial charge is 0.136 e. The van der Waals surface area contributed by atoms with E-state index in [1.807, 2.05) is 24.3 Å². The van der Waals surface area contributed by atoms with E-state index in [4.69, 9.17) is 8.83 Å². The van der Waals surface area contributed by atoms with Gasteiger partial charge in [0.2, 0.25) is 0 Å². The average molecular weight is 641 g/mol. The van der Waals surface area contributed by atoms with Crippen LogP contribution in [-0.2, 0) is 0 Å². The Balaban J connectivity index is 1.27. The van der Waals surface area contributed by atoms with E-state index in [9.17, 15) is 0 Å². The number of fused-ring (bicyclic) bond motifs is 10. The number of para-hydroxylation sites is 5. The third-order valence-electron chi connectivity index (χ3n) is 10.1. The van der Waals surface area contributed by atoms with Crippen LogP contribution in [0.25, 0.3) is 82.1 Å². The van der Waals surface area contributed by atoms with Crippen molar-refractivity contribution < 1.29 is 8.83 Å². The van der Waals surface area contributed by atoms with E-state index >= 15 is 0 Å². The van der Waals surface area contributed by atoms with Crippen molar-refractivity contribution in [3.8, 4) is 5.69 Å². The third kappa shape index (κ3) is 3.87. The first-order valence-electron chi connectivity index (χ1n) is 16.9. The summed E-state index contributed by atoms with van der Waals surface area (Å²) < 4.78 is 15.2. The summed E-state index contributed by atoms with van der Waals surface area (Å²) in [5.74, 6) is 0. The van der Waals surface area contributed by atoms with Crippen LogP contribution < -0.4 is 4.90 Å². The molecular weight excluding hydrogens is 613 g/mol. The van der Waals surface area contributed by atoms with Gasteiger partial charge in [-0.25, -0.2) is 0 Å². The second-order valence-electron chi connectivity index (χ2n) is 12.9. The number of benzene rings is 8. The van der Waals surface area contributed by atoms with E-state index in [2.05, 4.69) is 155 Å². The highest BCUT2D eigenvalue weighted by Gasteiger charge is 2.24. The average Bonchev–Trinajstić information content (AvgIpc) is 3.84. The van der Waals surface area contributed by atoms with Gasteiger partial charge in [0.05, 0.1) is 22.4 Å². The summed E-state index contributed by atoms with van der Waals surface area (Å²) in [7, 11) is 0. The van der Waals surface area contributed by atoms with Gasteiger partial charge in [0.15, 0.2) is 0 Å². The second kappa shape index (κ2) is 10.4. The fourth-order valence-corrected chi connectivity index (χ4v) is 7.96. The predicted octanol–water partition coefficient (Wildman–Crippen LogP) is 13.2. The lowest BCUT2D eigenvalue weighted by molar-refractivity contribution is 0.669. The van der Waals surface area contributed by atoms with Crippen LogP contribution in [0.5, 0.6) is 0 Å². The van der Waals surface area contributed by atoms with Crippen molar-refractivity contribution in [1.29, 1.82) is 0 Å². The quantitative estimate of drug-likeness (QED) is 0.192. The molecule has 11 aromatic rings. The predicted molar refractivity (Wildman–Crippen MR) is 208 cm³/mol. The molecule has 234 valence electrons. The van der Waals surface area contributed by atoms with Crippen LogP contribution in [-0.4, -0.2) is 4.57 Å². The van der Waals surface area contributed by atoms with Gasteiger partial charge in [0.25, 0.3) is 0 Å². The number of furan rings is 2. The highest BCUT2D eigenvalue weighted by atomic mass is 16.3. The summed E-state index contributed by atoms with van der Waals surface area (Å²) in [5, 5.41) is 9.10. The van der Waals surface area contributed by atoms with Gasteiger partial charge in [0.1, 0.15) is 22.3 Å². The van der Waals surface area contributed by atoms with Crippen molar-refractivity contribution in [1.82, 2.24) is 4.57 Å². The van der Waals surface area contributed by atoms with Crippen LogP contribution in [0.2, 0.25) is 0 Å². The molecule has 0 bridgehead atoms. The Morgan fingerprint density at radius 1 is 0.380 bits per heavy atom. The molecule has 0 aliphatic heterocycles. The van der Waals surface area contributed by atoms with E-state index in [1.54, 1.807) is 0 Å². The van der Waals surface area contributed by atoms with E-state index in [-0.39, 0.29) is 0 Å². The van der Waals surface area contributed by atoms with Gasteiger partial charge < -0.3 is 18.3 Å². The SMILES string of the molecule is c1ccc(-n2c3ccccc3c3cccc(N(c4ccc5oc6ccccc6c5c4)c4cccc5cc6c(cc45)oc4ccccc46)c32)cc1. The summed E-state index contributed by atoms with van der Waals surface area (Å²) in [6, 6.07) is 60.2. The zero-order valence-corrected chi connectivity index (χ0v) is 26.9. The van der Waals surface area contributed by atoms with E-state index in [1.165, 1.54) is 16.3 Å². The summed E-state index contributed by atoms with van der Waals surface area (Å²) >= 11 is 0. The van der Waals surface area contributed by atoms with Crippen LogP contribution in [0, 0.1) is 0 Å². The molecule has 0 aliphatic rings. The molecule has 0 fully saturated rings. The number of anilines is 3. The molecule has 0 unspecified atom stereocenters. The third-order valence-corrected chi connectivity index (χ3v) is 10.1. The molecule has 0 atom stereocenters. The normalized spacial score (nSPS) is 12.0. The van der Waals surface area contributed by atoms with E-state index in [0.29, 0.717) is 0 Å². The van der Waals surface area contributed by atoms with Crippen molar-refractivity contribution in [2.75, 3.05) is 4.90 Å². The van der Waals surface area contributed by atoms with Crippen molar-refractivity contribution in [2.24, 2.45) is 0 Å². The minimum Gasteiger partial charge on any atom is -0.456 e. The second-order valence-corrected chi connectivity index (χ2v) is 12.9. The van der Waals surface area contributed by atoms with Crippen LogP contribution >= 0.6 is 0 Å². The summed E-state index contributed by atoms with van der Waals surface area (Å²) in [6.07, 6.45) is 0. The topological polar surface area (TPSA) is 34.5 Å². The van der Waals surface area contributed by atoms with Gasteiger partial charge in [-0.05, 0) is 78.2 Å². The lowest BCUT2D eigenvalue weighted by Crippen LogP contribution is -2.12. The standard InChI is InChI=1S/C46H28N2O2/c1-2-13-30(14-3-1)48-39-19-7-4-15-32(39)35-18-11-21-41(46(35)48)47(31-24-25-44-38(27-31)34-17-6-8-22-42(34)49-44)40-20-10-12-29-26-37-33-16-5-9-23-43(33)50-45(37)28-36(29)40/h1-28H. The maximum atomic E-state index is 6.45. The fraction of sp³-hybridized carbons (Fsp3) is 0. The Bertz CT molecular complexity index is 3110. The molecule has 3 aromatic heterocycles. The lowest BCUT2D eigenvalue weighted by Gasteiger charge is -2.28. The monoisotopic (exact) mass is 640 g/mol. The van der Waals surface area contributed by atoms with Crippen LogP contribution in [0.4, 0.5) is 17.1 Å². The number of hydrogen-bond acceptors (Lipinski definition) is 3. The maximum Gasteiger partial charge on any atom is 0.136 e. The minimum absolute atomic E-state index is 0.869. The number of hydrogen-bond donors (Lipinski definition) is 0. The van der Waals surface area contributed by atoms with Crippen LogP contribution in [0.3, 0.4) is 0 Å². The first-order valence-corrected chi connectivity index (χ1v) is 16.9. The Morgan fingerprint density at radius 2 is 1.00 bits per heavy atom. The van der Waals surface area contributed by atoms with Crippen molar-refractivity contribution in [2.45, 2.75) is 0 Å². The molecule has 0 saturated heterocycles. The largest absolute Gasteiger partial charge is 0.456 e. The molecule has 0 amide bonds. The first kappa shape index (κ1) is 27.2. The van der Waals surface area contributed by atoms with Crippen molar-refractivity contribution in [3.05, 3.63) is 170 Å². The van der Waals surface area contributed by atoms with Crippen molar-refractivity contribution in [3.63, 3.8) is 0 Å². The zero-order valence-electron chi connectivity index (χ0n) is 26.9. The molecule has 11 rings (SSSR count). The molecule has 0 saturated carbocycles. The Kier molecular flexibility index (Phi) is 5.63. The molecular formula is C46H28N2O2. The van der Waals surface area contributed by atoms with E-state index < -0.39 is 0 Å². The Morgan fingerprint density at radius 3 is 1.82 bits per heavy atom. The van der Waals surface area contributed by atoms with Gasteiger partial charge in [0, 0.05) is 49.1 Å². The molecule has 4 heteroatoms. The molecule has 4 nitrogen and oxygen atoms in total. The summed E-state index contributed by atoms with van der Waals surface area (Å²) in [5.41, 5.74) is 10.1. The molecule has 0 spiro atoms. The fourth-order valence-electron chi connectivity index (χ4n) is 7.96. The lowest BCUT2D eigenvalue weighted by atomic mass is 10.0. The Hall–Kier alpha value is -6.78. The molecule has 0 radical (unpaired) electrons. The summed E-state index contributed by atoms with van der Waals surface area (Å²) in [4.78, 5) is 2.42. The maximum absolute atomic E-state index is 6.45. The molecule has 0 aliphatic carbocycles. The summed E-state index contributed by atoms with van der Waals surface area (Å²) in [6.45, 7) is 0. The van der Waals surface area contributed by atoms with Gasteiger partial charge >= 0.3 is 0 Å². The Labute approximate surface area is 286 Å². The van der Waals surface area contributed by atoms with Crippen LogP contribution in [0.15, 0.2) is 179 Å². The first-order chi connectivity index (χ1) is 24.8. The van der Waals surface area contributed by atoms with Gasteiger partial charge in [-0.3, -0.25) is 0 Å². The van der Waals surface area contributed by atoms with Crippen LogP contribution in [0.1, 0.15) is 0 Å². The number of rotatable bonds is 4. The van der Waals surface area contributed by atoms with Gasteiger partial charge in [-0.15, -0.1) is 0 Å². The molecule has 50 heavy (non-hydrogen) atoms. The molecule has 0 N–H and O–H groups in total.